The predicted octanol–water partition coefficient (Wildman–Crippen LogP) is 4.94. The molecular weight excluding hydrogens is 224 g/mol. The lowest BCUT2D eigenvalue weighted by atomic mass is 9.91. The molecule has 0 saturated carbocycles. The Bertz CT molecular complexity index is 199. The van der Waals surface area contributed by atoms with Gasteiger partial charge < -0.3 is 9.47 Å². The van der Waals surface area contributed by atoms with Gasteiger partial charge in [0.2, 0.25) is 0 Å². The van der Waals surface area contributed by atoms with Crippen molar-refractivity contribution in [2.75, 3.05) is 13.9 Å². The van der Waals surface area contributed by atoms with Crippen molar-refractivity contribution >= 4 is 0 Å². The Balaban J connectivity index is 4.53. The van der Waals surface area contributed by atoms with Crippen LogP contribution in [0.2, 0.25) is 0 Å². The third kappa shape index (κ3) is 8.71. The highest BCUT2D eigenvalue weighted by atomic mass is 16.7. The first kappa shape index (κ1) is 17.7. The molecular formula is C16H32O2. The van der Waals surface area contributed by atoms with Gasteiger partial charge in [0.25, 0.3) is 0 Å². The van der Waals surface area contributed by atoms with Crippen LogP contribution in [-0.2, 0) is 9.47 Å². The molecule has 0 amide bonds. The van der Waals surface area contributed by atoms with E-state index in [0.717, 1.165) is 6.42 Å². The predicted molar refractivity (Wildman–Crippen MR) is 78.7 cm³/mol. The van der Waals surface area contributed by atoms with E-state index in [1.165, 1.54) is 37.7 Å². The smallest absolute Gasteiger partial charge is 0.146 e. The molecule has 0 spiro atoms. The topological polar surface area (TPSA) is 18.5 Å². The summed E-state index contributed by atoms with van der Waals surface area (Å²) in [5.74, 6) is 0.539. The lowest BCUT2D eigenvalue weighted by molar-refractivity contribution is -0.0891. The third-order valence-electron chi connectivity index (χ3n) is 3.16. The van der Waals surface area contributed by atoms with E-state index in [4.69, 9.17) is 9.47 Å². The molecule has 0 radical (unpaired) electrons. The van der Waals surface area contributed by atoms with Gasteiger partial charge in [0, 0.05) is 13.0 Å². The van der Waals surface area contributed by atoms with Gasteiger partial charge in [-0.15, -0.1) is 0 Å². The van der Waals surface area contributed by atoms with Crippen LogP contribution in [0.25, 0.3) is 0 Å². The van der Waals surface area contributed by atoms with Gasteiger partial charge in [-0.2, -0.15) is 0 Å². The monoisotopic (exact) mass is 256 g/mol. The summed E-state index contributed by atoms with van der Waals surface area (Å²) in [4.78, 5) is 0. The highest BCUT2D eigenvalue weighted by Gasteiger charge is 2.19. The molecule has 0 aromatic heterocycles. The molecule has 0 saturated heterocycles. The lowest BCUT2D eigenvalue weighted by Crippen LogP contribution is -2.24. The maximum absolute atomic E-state index is 5.89. The fraction of sp³-hybridized carbons (Fsp3) is 0.875. The molecule has 0 aliphatic carbocycles. The SMILES string of the molecule is CCCC[C@H](OCOC)[C@@H](C=C(C)C)CCCC. The van der Waals surface area contributed by atoms with Gasteiger partial charge in [-0.05, 0) is 26.7 Å². The Morgan fingerprint density at radius 1 is 1.06 bits per heavy atom. The molecule has 108 valence electrons. The number of allylic oxidation sites excluding steroid dienone is 1. The Hall–Kier alpha value is -0.340. The number of rotatable bonds is 11. The minimum atomic E-state index is 0.311. The summed E-state index contributed by atoms with van der Waals surface area (Å²) in [6.45, 7) is 9.23. The summed E-state index contributed by atoms with van der Waals surface area (Å²) in [5, 5.41) is 0. The Morgan fingerprint density at radius 3 is 2.17 bits per heavy atom. The van der Waals surface area contributed by atoms with Crippen LogP contribution in [0.1, 0.15) is 66.2 Å². The molecule has 0 heterocycles. The molecule has 18 heavy (non-hydrogen) atoms. The summed E-state index contributed by atoms with van der Waals surface area (Å²) in [6.07, 6.45) is 10.0. The van der Waals surface area contributed by atoms with E-state index in [1.54, 1.807) is 7.11 Å². The Labute approximate surface area is 114 Å². The highest BCUT2D eigenvalue weighted by molar-refractivity contribution is 4.99. The zero-order chi connectivity index (χ0) is 13.8. The number of unbranched alkanes of at least 4 members (excludes halogenated alkanes) is 2. The van der Waals surface area contributed by atoms with E-state index in [2.05, 4.69) is 33.8 Å². The number of hydrogen-bond acceptors (Lipinski definition) is 2. The number of methoxy groups -OCH3 is 1. The molecule has 0 fully saturated rings. The van der Waals surface area contributed by atoms with Gasteiger partial charge >= 0.3 is 0 Å². The summed E-state index contributed by atoms with van der Waals surface area (Å²) in [6, 6.07) is 0. The van der Waals surface area contributed by atoms with E-state index in [-0.39, 0.29) is 0 Å². The van der Waals surface area contributed by atoms with E-state index >= 15 is 0 Å². The van der Waals surface area contributed by atoms with Crippen molar-refractivity contribution in [1.82, 2.24) is 0 Å². The molecule has 0 aromatic rings. The maximum atomic E-state index is 5.89. The maximum Gasteiger partial charge on any atom is 0.146 e. The first-order chi connectivity index (χ1) is 8.65. The normalized spacial score (nSPS) is 14.3. The Kier molecular flexibility index (Phi) is 11.5. The lowest BCUT2D eigenvalue weighted by Gasteiger charge is -2.25. The van der Waals surface area contributed by atoms with Crippen molar-refractivity contribution in [3.05, 3.63) is 11.6 Å². The third-order valence-corrected chi connectivity index (χ3v) is 3.16. The first-order valence-corrected chi connectivity index (χ1v) is 7.41. The van der Waals surface area contributed by atoms with Gasteiger partial charge in [0.1, 0.15) is 6.79 Å². The fourth-order valence-electron chi connectivity index (χ4n) is 2.23. The fourth-order valence-corrected chi connectivity index (χ4v) is 2.23. The van der Waals surface area contributed by atoms with Crippen molar-refractivity contribution in [3.8, 4) is 0 Å². The van der Waals surface area contributed by atoms with Gasteiger partial charge in [0.15, 0.2) is 0 Å². The van der Waals surface area contributed by atoms with Crippen LogP contribution in [0.4, 0.5) is 0 Å². The second kappa shape index (κ2) is 11.7. The molecule has 0 aromatic carbocycles. The van der Waals surface area contributed by atoms with Crippen LogP contribution in [0.15, 0.2) is 11.6 Å². The summed E-state index contributed by atoms with van der Waals surface area (Å²) >= 11 is 0. The van der Waals surface area contributed by atoms with E-state index in [9.17, 15) is 0 Å². The minimum Gasteiger partial charge on any atom is -0.359 e. The van der Waals surface area contributed by atoms with Crippen LogP contribution in [0.3, 0.4) is 0 Å². The average molecular weight is 256 g/mol. The molecule has 0 unspecified atom stereocenters. The zero-order valence-electron chi connectivity index (χ0n) is 13.0. The van der Waals surface area contributed by atoms with Crippen LogP contribution in [0, 0.1) is 5.92 Å². The molecule has 0 aliphatic rings. The van der Waals surface area contributed by atoms with Crippen molar-refractivity contribution in [2.45, 2.75) is 72.3 Å². The molecule has 0 bridgehead atoms. The van der Waals surface area contributed by atoms with E-state index < -0.39 is 0 Å². The Morgan fingerprint density at radius 2 is 1.67 bits per heavy atom. The molecule has 0 N–H and O–H groups in total. The van der Waals surface area contributed by atoms with Crippen molar-refractivity contribution in [3.63, 3.8) is 0 Å². The molecule has 0 aliphatic heterocycles. The van der Waals surface area contributed by atoms with Crippen LogP contribution in [-0.4, -0.2) is 20.0 Å². The molecule has 0 rings (SSSR count). The average Bonchev–Trinajstić information content (AvgIpc) is 2.34. The number of hydrogen-bond donors (Lipinski definition) is 0. The van der Waals surface area contributed by atoms with Crippen molar-refractivity contribution in [1.29, 1.82) is 0 Å². The van der Waals surface area contributed by atoms with E-state index in [1.807, 2.05) is 0 Å². The summed E-state index contributed by atoms with van der Waals surface area (Å²) in [5.41, 5.74) is 1.39. The first-order valence-electron chi connectivity index (χ1n) is 7.41. The van der Waals surface area contributed by atoms with Crippen LogP contribution < -0.4 is 0 Å². The molecule has 2 nitrogen and oxygen atoms in total. The van der Waals surface area contributed by atoms with Gasteiger partial charge in [-0.25, -0.2) is 0 Å². The van der Waals surface area contributed by atoms with Crippen molar-refractivity contribution in [2.24, 2.45) is 5.92 Å². The van der Waals surface area contributed by atoms with Crippen LogP contribution >= 0.6 is 0 Å². The largest absolute Gasteiger partial charge is 0.359 e. The molecule has 2 atom stereocenters. The summed E-state index contributed by atoms with van der Waals surface area (Å²) < 4.78 is 11.0. The quantitative estimate of drug-likeness (QED) is 0.385. The van der Waals surface area contributed by atoms with Gasteiger partial charge in [-0.1, -0.05) is 51.2 Å². The summed E-state index contributed by atoms with van der Waals surface area (Å²) in [7, 11) is 1.69. The van der Waals surface area contributed by atoms with Gasteiger partial charge in [0.05, 0.1) is 6.10 Å². The van der Waals surface area contributed by atoms with E-state index in [0.29, 0.717) is 18.8 Å². The second-order valence-corrected chi connectivity index (χ2v) is 5.30. The van der Waals surface area contributed by atoms with Crippen molar-refractivity contribution < 1.29 is 9.47 Å². The zero-order valence-corrected chi connectivity index (χ0v) is 13.0. The second-order valence-electron chi connectivity index (χ2n) is 5.30. The van der Waals surface area contributed by atoms with Crippen LogP contribution in [0.5, 0.6) is 0 Å². The minimum absolute atomic E-state index is 0.311. The highest BCUT2D eigenvalue weighted by Crippen LogP contribution is 2.23. The van der Waals surface area contributed by atoms with Gasteiger partial charge in [-0.3, -0.25) is 0 Å². The molecule has 2 heteroatoms. The standard InChI is InChI=1S/C16H32O2/c1-6-8-10-15(12-14(3)4)16(11-9-7-2)18-13-17-5/h12,15-16H,6-11,13H2,1-5H3/t15-,16+/m1/s1. The number of ether oxygens (including phenoxy) is 2.